The molecular weight excluding hydrogens is 442 g/mol. The van der Waals surface area contributed by atoms with Crippen molar-refractivity contribution in [2.24, 2.45) is 0 Å². The van der Waals surface area contributed by atoms with Crippen molar-refractivity contribution in [1.29, 1.82) is 0 Å². The molecule has 1 amide bonds. The average Bonchev–Trinajstić information content (AvgIpc) is 3.00. The van der Waals surface area contributed by atoms with Crippen molar-refractivity contribution in [2.45, 2.75) is 19.5 Å². The molecule has 3 aromatic carbocycles. The molecule has 1 atom stereocenters. The maximum Gasteiger partial charge on any atom is 0.290 e. The van der Waals surface area contributed by atoms with Crippen LogP contribution in [0.15, 0.2) is 83.0 Å². The molecule has 1 N–H and O–H groups in total. The first-order valence-electron chi connectivity index (χ1n) is 9.68. The van der Waals surface area contributed by atoms with Gasteiger partial charge in [0.05, 0.1) is 13.2 Å². The molecule has 1 aliphatic rings. The molecule has 152 valence electrons. The lowest BCUT2D eigenvalue weighted by Crippen LogP contribution is -2.30. The third-order valence-corrected chi connectivity index (χ3v) is 6.10. The maximum atomic E-state index is 13.2. The van der Waals surface area contributed by atoms with E-state index in [2.05, 4.69) is 15.9 Å². The summed E-state index contributed by atoms with van der Waals surface area (Å²) in [6.07, 6.45) is 0. The van der Waals surface area contributed by atoms with Crippen LogP contribution in [0.1, 0.15) is 28.3 Å². The van der Waals surface area contributed by atoms with Crippen LogP contribution in [0.3, 0.4) is 0 Å². The van der Waals surface area contributed by atoms with Crippen LogP contribution >= 0.6 is 15.9 Å². The SMILES string of the molecule is COc1ccc(CN2C(=O)C(O)=C(c3ccc(C)cc3)C2c2ccccc2Br)cc1. The number of benzene rings is 3. The number of hydrogen-bond donors (Lipinski definition) is 1. The van der Waals surface area contributed by atoms with E-state index < -0.39 is 6.04 Å². The molecule has 1 aliphatic heterocycles. The second kappa shape index (κ2) is 8.36. The molecule has 0 aromatic heterocycles. The number of carbonyl (C=O) groups is 1. The second-order valence-electron chi connectivity index (χ2n) is 7.33. The summed E-state index contributed by atoms with van der Waals surface area (Å²) in [4.78, 5) is 14.9. The molecule has 4 nitrogen and oxygen atoms in total. The Kier molecular flexibility index (Phi) is 5.64. The lowest BCUT2D eigenvalue weighted by molar-refractivity contribution is -0.130. The van der Waals surface area contributed by atoms with E-state index in [0.29, 0.717) is 12.1 Å². The van der Waals surface area contributed by atoms with E-state index in [0.717, 1.165) is 32.5 Å². The zero-order chi connectivity index (χ0) is 21.3. The highest BCUT2D eigenvalue weighted by Crippen LogP contribution is 2.45. The van der Waals surface area contributed by atoms with Crippen molar-refractivity contribution in [2.75, 3.05) is 7.11 Å². The highest BCUT2D eigenvalue weighted by molar-refractivity contribution is 9.10. The Hall–Kier alpha value is -3.05. The van der Waals surface area contributed by atoms with E-state index in [1.165, 1.54) is 0 Å². The zero-order valence-electron chi connectivity index (χ0n) is 16.8. The van der Waals surface area contributed by atoms with Gasteiger partial charge < -0.3 is 14.7 Å². The smallest absolute Gasteiger partial charge is 0.290 e. The molecule has 3 aromatic rings. The van der Waals surface area contributed by atoms with Gasteiger partial charge in [0.2, 0.25) is 0 Å². The van der Waals surface area contributed by atoms with Crippen molar-refractivity contribution in [3.63, 3.8) is 0 Å². The number of methoxy groups -OCH3 is 1. The minimum absolute atomic E-state index is 0.201. The fourth-order valence-corrected chi connectivity index (χ4v) is 4.29. The quantitative estimate of drug-likeness (QED) is 0.518. The van der Waals surface area contributed by atoms with Gasteiger partial charge in [0.1, 0.15) is 5.75 Å². The van der Waals surface area contributed by atoms with Crippen LogP contribution in [0.2, 0.25) is 0 Å². The molecule has 4 rings (SSSR count). The van der Waals surface area contributed by atoms with Crippen LogP contribution in [-0.2, 0) is 11.3 Å². The van der Waals surface area contributed by atoms with Gasteiger partial charge in [0.25, 0.3) is 5.91 Å². The first-order chi connectivity index (χ1) is 14.5. The van der Waals surface area contributed by atoms with Crippen LogP contribution in [0.25, 0.3) is 5.57 Å². The number of rotatable bonds is 5. The van der Waals surface area contributed by atoms with Gasteiger partial charge in [0, 0.05) is 16.6 Å². The summed E-state index contributed by atoms with van der Waals surface area (Å²) < 4.78 is 6.12. The number of nitrogens with zero attached hydrogens (tertiary/aromatic N) is 1. The number of aliphatic hydroxyl groups is 1. The van der Waals surface area contributed by atoms with Crippen LogP contribution in [0, 0.1) is 6.92 Å². The predicted octanol–water partition coefficient (Wildman–Crippen LogP) is 5.82. The largest absolute Gasteiger partial charge is 0.503 e. The summed E-state index contributed by atoms with van der Waals surface area (Å²) in [5.41, 5.74) is 4.47. The summed E-state index contributed by atoms with van der Waals surface area (Å²) in [6.45, 7) is 2.38. The van der Waals surface area contributed by atoms with Gasteiger partial charge in [-0.25, -0.2) is 0 Å². The number of aryl methyl sites for hydroxylation is 1. The number of aliphatic hydroxyl groups excluding tert-OH is 1. The number of carbonyl (C=O) groups excluding carboxylic acids is 1. The Morgan fingerprint density at radius 1 is 1.00 bits per heavy atom. The molecule has 0 spiro atoms. The summed E-state index contributed by atoms with van der Waals surface area (Å²) in [6, 6.07) is 22.9. The predicted molar refractivity (Wildman–Crippen MR) is 121 cm³/mol. The Morgan fingerprint density at radius 2 is 1.67 bits per heavy atom. The van der Waals surface area contributed by atoms with E-state index in [9.17, 15) is 9.90 Å². The highest BCUT2D eigenvalue weighted by Gasteiger charge is 2.41. The maximum absolute atomic E-state index is 13.2. The van der Waals surface area contributed by atoms with Gasteiger partial charge in [-0.2, -0.15) is 0 Å². The topological polar surface area (TPSA) is 49.8 Å². The van der Waals surface area contributed by atoms with E-state index in [4.69, 9.17) is 4.74 Å². The van der Waals surface area contributed by atoms with Crippen LogP contribution in [0.4, 0.5) is 0 Å². The Balaban J connectivity index is 1.80. The van der Waals surface area contributed by atoms with E-state index in [1.54, 1.807) is 12.0 Å². The Morgan fingerprint density at radius 3 is 2.30 bits per heavy atom. The van der Waals surface area contributed by atoms with E-state index >= 15 is 0 Å². The molecule has 0 saturated heterocycles. The molecule has 0 fully saturated rings. The van der Waals surface area contributed by atoms with Gasteiger partial charge in [-0.1, -0.05) is 76.1 Å². The van der Waals surface area contributed by atoms with E-state index in [-0.39, 0.29) is 11.7 Å². The van der Waals surface area contributed by atoms with Crippen LogP contribution in [0.5, 0.6) is 5.75 Å². The van der Waals surface area contributed by atoms with Crippen molar-refractivity contribution in [1.82, 2.24) is 4.90 Å². The van der Waals surface area contributed by atoms with Gasteiger partial charge in [-0.15, -0.1) is 0 Å². The average molecular weight is 464 g/mol. The van der Waals surface area contributed by atoms with Gasteiger partial charge in [-0.3, -0.25) is 4.79 Å². The van der Waals surface area contributed by atoms with Gasteiger partial charge >= 0.3 is 0 Å². The summed E-state index contributed by atoms with van der Waals surface area (Å²) in [7, 11) is 1.62. The van der Waals surface area contributed by atoms with Crippen LogP contribution < -0.4 is 4.74 Å². The van der Waals surface area contributed by atoms with Crippen molar-refractivity contribution in [3.05, 3.63) is 105 Å². The first kappa shape index (κ1) is 20.2. The Bertz CT molecular complexity index is 1100. The number of amides is 1. The standard InChI is InChI=1S/C25H22BrNO3/c1-16-7-11-18(12-8-16)22-23(20-5-3-4-6-21(20)26)27(25(29)24(22)28)15-17-9-13-19(30-2)14-10-17/h3-14,23,28H,15H2,1-2H3. The summed E-state index contributed by atoms with van der Waals surface area (Å²) in [5.74, 6) is 0.186. The van der Waals surface area contributed by atoms with Crippen molar-refractivity contribution < 1.29 is 14.6 Å². The van der Waals surface area contributed by atoms with Gasteiger partial charge in [0.15, 0.2) is 5.76 Å². The minimum atomic E-state index is -0.405. The first-order valence-corrected chi connectivity index (χ1v) is 10.5. The number of halogens is 1. The second-order valence-corrected chi connectivity index (χ2v) is 8.19. The minimum Gasteiger partial charge on any atom is -0.503 e. The summed E-state index contributed by atoms with van der Waals surface area (Å²) >= 11 is 3.63. The monoisotopic (exact) mass is 463 g/mol. The highest BCUT2D eigenvalue weighted by atomic mass is 79.9. The fraction of sp³-hybridized carbons (Fsp3) is 0.160. The van der Waals surface area contributed by atoms with Gasteiger partial charge in [-0.05, 0) is 41.8 Å². The third-order valence-electron chi connectivity index (χ3n) is 5.38. The molecule has 0 saturated carbocycles. The Labute approximate surface area is 184 Å². The van der Waals surface area contributed by atoms with Crippen LogP contribution in [-0.4, -0.2) is 23.0 Å². The molecule has 5 heteroatoms. The molecule has 1 unspecified atom stereocenters. The molecule has 30 heavy (non-hydrogen) atoms. The third kappa shape index (κ3) is 3.73. The lowest BCUT2D eigenvalue weighted by Gasteiger charge is -2.28. The molecule has 0 aliphatic carbocycles. The molecule has 1 heterocycles. The molecular formula is C25H22BrNO3. The summed E-state index contributed by atoms with van der Waals surface area (Å²) in [5, 5.41) is 10.9. The number of ether oxygens (including phenoxy) is 1. The zero-order valence-corrected chi connectivity index (χ0v) is 18.4. The van der Waals surface area contributed by atoms with E-state index in [1.807, 2.05) is 79.7 Å². The molecule has 0 radical (unpaired) electrons. The normalized spacial score (nSPS) is 16.3. The fourth-order valence-electron chi connectivity index (χ4n) is 3.79. The van der Waals surface area contributed by atoms with Crippen molar-refractivity contribution >= 4 is 27.4 Å². The molecule has 0 bridgehead atoms. The van der Waals surface area contributed by atoms with Crippen molar-refractivity contribution in [3.8, 4) is 5.75 Å². The number of hydrogen-bond acceptors (Lipinski definition) is 3. The lowest BCUT2D eigenvalue weighted by atomic mass is 9.93.